The van der Waals surface area contributed by atoms with Crippen LogP contribution in [0.5, 0.6) is 0 Å². The number of anilines is 1. The van der Waals surface area contributed by atoms with E-state index in [2.05, 4.69) is 19.2 Å². The third kappa shape index (κ3) is 3.96. The topological polar surface area (TPSA) is 55.2 Å². The number of nitro benzene ring substituents is 1. The second-order valence-electron chi connectivity index (χ2n) is 6.91. The number of benzene rings is 1. The molecule has 0 bridgehead atoms. The number of nitro groups is 1. The van der Waals surface area contributed by atoms with E-state index in [4.69, 9.17) is 0 Å². The number of nitrogens with zero attached hydrogens (tertiary/aromatic N) is 1. The molecule has 0 heterocycles. The van der Waals surface area contributed by atoms with Gasteiger partial charge in [0.1, 0.15) is 0 Å². The number of hydrogen-bond donors (Lipinski definition) is 1. The van der Waals surface area contributed by atoms with E-state index in [0.717, 1.165) is 17.8 Å². The predicted molar refractivity (Wildman–Crippen MR) is 86.7 cm³/mol. The largest absolute Gasteiger partial charge is 0.384 e. The Morgan fingerprint density at radius 1 is 1.33 bits per heavy atom. The molecule has 1 N–H and O–H groups in total. The number of nitrogens with one attached hydrogen (secondary N) is 1. The molecular formula is C17H26N2O2. The van der Waals surface area contributed by atoms with E-state index < -0.39 is 0 Å². The smallest absolute Gasteiger partial charge is 0.271 e. The first kappa shape index (κ1) is 15.8. The normalized spacial score (nSPS) is 17.1. The molecule has 0 amide bonds. The van der Waals surface area contributed by atoms with Crippen LogP contribution in [0.3, 0.4) is 0 Å². The lowest BCUT2D eigenvalue weighted by atomic mass is 9.78. The molecule has 0 unspecified atom stereocenters. The Morgan fingerprint density at radius 3 is 2.57 bits per heavy atom. The van der Waals surface area contributed by atoms with Gasteiger partial charge in [0.2, 0.25) is 0 Å². The third-order valence-electron chi connectivity index (χ3n) is 4.59. The molecule has 116 valence electrons. The van der Waals surface area contributed by atoms with Crippen molar-refractivity contribution < 1.29 is 4.92 Å². The number of hydrogen-bond acceptors (Lipinski definition) is 3. The number of non-ortho nitro benzene ring substituents is 1. The van der Waals surface area contributed by atoms with Crippen LogP contribution in [0.25, 0.3) is 0 Å². The first-order chi connectivity index (χ1) is 9.92. The van der Waals surface area contributed by atoms with Crippen molar-refractivity contribution in [3.8, 4) is 0 Å². The Kier molecular flexibility index (Phi) is 4.86. The van der Waals surface area contributed by atoms with Crippen molar-refractivity contribution in [2.45, 2.75) is 52.9 Å². The van der Waals surface area contributed by atoms with Gasteiger partial charge in [-0.05, 0) is 43.1 Å². The molecular weight excluding hydrogens is 264 g/mol. The van der Waals surface area contributed by atoms with Gasteiger partial charge in [0.15, 0.2) is 0 Å². The highest BCUT2D eigenvalue weighted by atomic mass is 16.6. The molecule has 0 aromatic heterocycles. The predicted octanol–water partition coefficient (Wildman–Crippen LogP) is 4.92. The minimum absolute atomic E-state index is 0.160. The Hall–Kier alpha value is -1.58. The number of aryl methyl sites for hydroxylation is 1. The molecule has 2 rings (SSSR count). The van der Waals surface area contributed by atoms with Crippen molar-refractivity contribution in [1.29, 1.82) is 0 Å². The Bertz CT molecular complexity index is 506. The zero-order valence-corrected chi connectivity index (χ0v) is 13.3. The second-order valence-corrected chi connectivity index (χ2v) is 6.91. The summed E-state index contributed by atoms with van der Waals surface area (Å²) in [6.45, 7) is 7.47. The Balaban J connectivity index is 2.10. The van der Waals surface area contributed by atoms with Gasteiger partial charge in [0.05, 0.1) is 4.92 Å². The molecule has 1 aromatic rings. The fourth-order valence-electron chi connectivity index (χ4n) is 3.64. The van der Waals surface area contributed by atoms with Gasteiger partial charge in [0.25, 0.3) is 5.69 Å². The second kappa shape index (κ2) is 6.46. The molecule has 0 radical (unpaired) electrons. The van der Waals surface area contributed by atoms with Crippen LogP contribution < -0.4 is 5.32 Å². The van der Waals surface area contributed by atoms with Gasteiger partial charge in [-0.15, -0.1) is 0 Å². The summed E-state index contributed by atoms with van der Waals surface area (Å²) in [6, 6.07) is 5.05. The molecule has 0 aliphatic heterocycles. The van der Waals surface area contributed by atoms with Crippen molar-refractivity contribution >= 4 is 11.4 Å². The highest BCUT2D eigenvalue weighted by Gasteiger charge is 2.34. The lowest BCUT2D eigenvalue weighted by molar-refractivity contribution is -0.384. The van der Waals surface area contributed by atoms with Crippen LogP contribution in [0, 0.1) is 28.4 Å². The summed E-state index contributed by atoms with van der Waals surface area (Å²) in [4.78, 5) is 10.6. The summed E-state index contributed by atoms with van der Waals surface area (Å²) in [6.07, 6.45) is 6.39. The maximum atomic E-state index is 10.9. The van der Waals surface area contributed by atoms with Gasteiger partial charge in [-0.3, -0.25) is 10.1 Å². The van der Waals surface area contributed by atoms with Gasteiger partial charge in [0, 0.05) is 24.4 Å². The van der Waals surface area contributed by atoms with Crippen molar-refractivity contribution in [3.63, 3.8) is 0 Å². The van der Waals surface area contributed by atoms with Gasteiger partial charge in [-0.1, -0.05) is 32.8 Å². The van der Waals surface area contributed by atoms with E-state index in [1.807, 2.05) is 13.0 Å². The van der Waals surface area contributed by atoms with Gasteiger partial charge in [-0.25, -0.2) is 0 Å². The first-order valence-electron chi connectivity index (χ1n) is 7.91. The van der Waals surface area contributed by atoms with Crippen LogP contribution in [0.15, 0.2) is 18.2 Å². The molecule has 0 saturated heterocycles. The average Bonchev–Trinajstić information content (AvgIpc) is 2.85. The molecule has 1 aliphatic rings. The molecule has 1 saturated carbocycles. The maximum Gasteiger partial charge on any atom is 0.271 e. The lowest BCUT2D eigenvalue weighted by Crippen LogP contribution is -2.28. The van der Waals surface area contributed by atoms with Crippen molar-refractivity contribution in [2.24, 2.45) is 11.3 Å². The van der Waals surface area contributed by atoms with E-state index in [1.54, 1.807) is 12.1 Å². The summed E-state index contributed by atoms with van der Waals surface area (Å²) in [5.74, 6) is 0.691. The lowest BCUT2D eigenvalue weighted by Gasteiger charge is -2.32. The maximum absolute atomic E-state index is 10.9. The van der Waals surface area contributed by atoms with Crippen molar-refractivity contribution in [3.05, 3.63) is 33.9 Å². The summed E-state index contributed by atoms with van der Waals surface area (Å²) < 4.78 is 0. The monoisotopic (exact) mass is 290 g/mol. The highest BCUT2D eigenvalue weighted by Crippen LogP contribution is 2.43. The van der Waals surface area contributed by atoms with Gasteiger partial charge >= 0.3 is 0 Å². The molecule has 4 heteroatoms. The van der Waals surface area contributed by atoms with E-state index in [9.17, 15) is 10.1 Å². The quantitative estimate of drug-likeness (QED) is 0.597. The van der Waals surface area contributed by atoms with Crippen LogP contribution in [-0.4, -0.2) is 11.5 Å². The minimum atomic E-state index is -0.329. The molecule has 1 aliphatic carbocycles. The Labute approximate surface area is 127 Å². The van der Waals surface area contributed by atoms with Gasteiger partial charge in [-0.2, -0.15) is 0 Å². The minimum Gasteiger partial charge on any atom is -0.384 e. The standard InChI is InChI=1S/C17H26N2O2/c1-13(2)11-17(8-4-5-9-17)12-18-16-10-15(19(20)21)7-6-14(16)3/h6-7,10,13,18H,4-5,8-9,11-12H2,1-3H3. The summed E-state index contributed by atoms with van der Waals surface area (Å²) in [5.41, 5.74) is 2.50. The summed E-state index contributed by atoms with van der Waals surface area (Å²) >= 11 is 0. The first-order valence-corrected chi connectivity index (χ1v) is 7.91. The summed E-state index contributed by atoms with van der Waals surface area (Å²) in [5, 5.41) is 14.4. The molecule has 21 heavy (non-hydrogen) atoms. The van der Waals surface area contributed by atoms with E-state index >= 15 is 0 Å². The molecule has 4 nitrogen and oxygen atoms in total. The fraction of sp³-hybridized carbons (Fsp3) is 0.647. The van der Waals surface area contributed by atoms with E-state index in [0.29, 0.717) is 11.3 Å². The SMILES string of the molecule is Cc1ccc([N+](=O)[O-])cc1NCC1(CC(C)C)CCCC1. The van der Waals surface area contributed by atoms with Gasteiger partial charge < -0.3 is 5.32 Å². The van der Waals surface area contributed by atoms with Crippen molar-refractivity contribution in [2.75, 3.05) is 11.9 Å². The Morgan fingerprint density at radius 2 is 2.00 bits per heavy atom. The van der Waals surface area contributed by atoms with Crippen LogP contribution in [0.1, 0.15) is 51.5 Å². The fourth-order valence-corrected chi connectivity index (χ4v) is 3.64. The molecule has 0 spiro atoms. The highest BCUT2D eigenvalue weighted by molar-refractivity contribution is 5.56. The molecule has 1 aromatic carbocycles. The molecule has 0 atom stereocenters. The number of rotatable bonds is 6. The van der Waals surface area contributed by atoms with Crippen LogP contribution >= 0.6 is 0 Å². The van der Waals surface area contributed by atoms with E-state index in [1.165, 1.54) is 32.1 Å². The van der Waals surface area contributed by atoms with Crippen LogP contribution in [0.2, 0.25) is 0 Å². The average molecular weight is 290 g/mol. The zero-order valence-electron chi connectivity index (χ0n) is 13.3. The van der Waals surface area contributed by atoms with Crippen LogP contribution in [-0.2, 0) is 0 Å². The third-order valence-corrected chi connectivity index (χ3v) is 4.59. The zero-order chi connectivity index (χ0) is 15.5. The molecule has 1 fully saturated rings. The van der Waals surface area contributed by atoms with Crippen molar-refractivity contribution in [1.82, 2.24) is 0 Å². The summed E-state index contributed by atoms with van der Waals surface area (Å²) in [7, 11) is 0. The van der Waals surface area contributed by atoms with E-state index in [-0.39, 0.29) is 10.6 Å². The van der Waals surface area contributed by atoms with Crippen LogP contribution in [0.4, 0.5) is 11.4 Å².